The van der Waals surface area contributed by atoms with E-state index < -0.39 is 12.0 Å². The van der Waals surface area contributed by atoms with E-state index >= 15 is 0 Å². The number of carbonyl (C=O) groups excluding carboxylic acids is 1. The summed E-state index contributed by atoms with van der Waals surface area (Å²) in [6.07, 6.45) is 2.19. The molecule has 7 nitrogen and oxygen atoms in total. The van der Waals surface area contributed by atoms with Gasteiger partial charge in [-0.1, -0.05) is 48.0 Å². The van der Waals surface area contributed by atoms with Crippen LogP contribution in [0.2, 0.25) is 0 Å². The van der Waals surface area contributed by atoms with Crippen LogP contribution in [0.4, 0.5) is 0 Å². The number of aryl methyl sites for hydroxylation is 1. The quantitative estimate of drug-likeness (QED) is 0.326. The smallest absolute Gasteiger partial charge is 0.305 e. The lowest BCUT2D eigenvalue weighted by atomic mass is 9.98. The highest BCUT2D eigenvalue weighted by atomic mass is 16.4. The molecule has 188 valence electrons. The van der Waals surface area contributed by atoms with Crippen LogP contribution in [-0.4, -0.2) is 43.5 Å². The van der Waals surface area contributed by atoms with Crippen molar-refractivity contribution in [2.75, 3.05) is 6.54 Å². The van der Waals surface area contributed by atoms with E-state index in [1.807, 2.05) is 49.4 Å². The third-order valence-electron chi connectivity index (χ3n) is 6.78. The number of amides is 1. The molecule has 1 aliphatic carbocycles. The first-order valence-electron chi connectivity index (χ1n) is 12.5. The number of hydrogen-bond donors (Lipinski definition) is 2. The number of fused-ring (bicyclic) bond motifs is 1. The third kappa shape index (κ3) is 5.61. The number of rotatable bonds is 9. The van der Waals surface area contributed by atoms with Crippen LogP contribution in [-0.2, 0) is 11.2 Å². The first-order valence-corrected chi connectivity index (χ1v) is 12.5. The predicted molar refractivity (Wildman–Crippen MR) is 140 cm³/mol. The maximum atomic E-state index is 13.8. The number of aliphatic carboxylic acids is 1. The molecule has 1 amide bonds. The summed E-state index contributed by atoms with van der Waals surface area (Å²) in [6, 6.07) is 21.8. The van der Waals surface area contributed by atoms with E-state index in [2.05, 4.69) is 0 Å². The van der Waals surface area contributed by atoms with Gasteiger partial charge in [0.2, 0.25) is 0 Å². The van der Waals surface area contributed by atoms with Crippen molar-refractivity contribution in [3.8, 4) is 5.75 Å². The van der Waals surface area contributed by atoms with Crippen LogP contribution < -0.4 is 0 Å². The number of phenols is 1. The monoisotopic (exact) mass is 495 g/mol. The zero-order valence-corrected chi connectivity index (χ0v) is 20.7. The number of hydrogen-bond acceptors (Lipinski definition) is 5. The van der Waals surface area contributed by atoms with Crippen LogP contribution in [0.5, 0.6) is 5.75 Å². The van der Waals surface area contributed by atoms with Gasteiger partial charge in [0.1, 0.15) is 5.75 Å². The highest BCUT2D eigenvalue weighted by molar-refractivity contribution is 5.95. The summed E-state index contributed by atoms with van der Waals surface area (Å²) in [5.74, 6) is -0.941. The zero-order chi connectivity index (χ0) is 25.9. The fourth-order valence-electron chi connectivity index (χ4n) is 4.73. The molecule has 1 aliphatic rings. The predicted octanol–water partition coefficient (Wildman–Crippen LogP) is 5.30. The topological polar surface area (TPSA) is 104 Å². The number of aromatic nitrogens is 2. The maximum Gasteiger partial charge on any atom is 0.305 e. The van der Waals surface area contributed by atoms with Gasteiger partial charge < -0.3 is 15.1 Å². The van der Waals surface area contributed by atoms with Crippen molar-refractivity contribution in [2.45, 2.75) is 38.6 Å². The van der Waals surface area contributed by atoms with Gasteiger partial charge in [0.15, 0.2) is 0 Å². The summed E-state index contributed by atoms with van der Waals surface area (Å²) >= 11 is 0. The van der Waals surface area contributed by atoms with Crippen molar-refractivity contribution in [1.29, 1.82) is 0 Å². The molecule has 0 spiro atoms. The van der Waals surface area contributed by atoms with Crippen molar-refractivity contribution in [2.24, 2.45) is 5.92 Å². The first kappa shape index (κ1) is 24.4. The Balaban J connectivity index is 1.64. The van der Waals surface area contributed by atoms with E-state index in [4.69, 9.17) is 9.97 Å². The van der Waals surface area contributed by atoms with Gasteiger partial charge in [-0.2, -0.15) is 0 Å². The molecule has 1 heterocycles. The highest BCUT2D eigenvalue weighted by Crippen LogP contribution is 2.46. The minimum absolute atomic E-state index is 0.0632. The van der Waals surface area contributed by atoms with Crippen LogP contribution in [0, 0.1) is 12.8 Å². The summed E-state index contributed by atoms with van der Waals surface area (Å²) < 4.78 is 0. The van der Waals surface area contributed by atoms with E-state index in [1.54, 1.807) is 35.2 Å². The van der Waals surface area contributed by atoms with Gasteiger partial charge in [0.25, 0.3) is 5.91 Å². The summed E-state index contributed by atoms with van der Waals surface area (Å²) in [4.78, 5) is 37.0. The van der Waals surface area contributed by atoms with Gasteiger partial charge >= 0.3 is 5.97 Å². The molecule has 4 aromatic rings. The van der Waals surface area contributed by atoms with Crippen LogP contribution in [0.15, 0.2) is 72.8 Å². The minimum atomic E-state index is -0.963. The second-order valence-electron chi connectivity index (χ2n) is 9.68. The SMILES string of the molecule is Cc1ccc(C(=O)N(CCC(=O)O)C(c2nc3cc(O)ccc3nc2Cc2ccccc2)C2CC2)cc1. The molecule has 0 radical (unpaired) electrons. The Bertz CT molecular complexity index is 1430. The molecule has 1 atom stereocenters. The molecule has 1 saturated carbocycles. The lowest BCUT2D eigenvalue weighted by molar-refractivity contribution is -0.137. The Hall–Kier alpha value is -4.26. The van der Waals surface area contributed by atoms with Crippen LogP contribution in [0.3, 0.4) is 0 Å². The molecular weight excluding hydrogens is 466 g/mol. The summed E-state index contributed by atoms with van der Waals surface area (Å²) in [5, 5.41) is 19.6. The van der Waals surface area contributed by atoms with E-state index in [0.29, 0.717) is 28.7 Å². The molecule has 0 bridgehead atoms. The Kier molecular flexibility index (Phi) is 6.86. The average Bonchev–Trinajstić information content (AvgIpc) is 3.72. The van der Waals surface area contributed by atoms with Gasteiger partial charge in [-0.15, -0.1) is 0 Å². The molecule has 1 fully saturated rings. The molecule has 3 aromatic carbocycles. The lowest BCUT2D eigenvalue weighted by Crippen LogP contribution is -2.38. The molecule has 1 aromatic heterocycles. The maximum absolute atomic E-state index is 13.8. The Labute approximate surface area is 215 Å². The molecule has 1 unspecified atom stereocenters. The number of carboxylic acids is 1. The fraction of sp³-hybridized carbons (Fsp3) is 0.267. The summed E-state index contributed by atoms with van der Waals surface area (Å²) in [5.41, 5.74) is 5.22. The van der Waals surface area contributed by atoms with Crippen molar-refractivity contribution in [3.63, 3.8) is 0 Å². The minimum Gasteiger partial charge on any atom is -0.508 e. The van der Waals surface area contributed by atoms with Gasteiger partial charge in [0.05, 0.1) is 34.9 Å². The number of benzene rings is 3. The van der Waals surface area contributed by atoms with Crippen molar-refractivity contribution < 1.29 is 19.8 Å². The van der Waals surface area contributed by atoms with Crippen LogP contribution in [0.1, 0.15) is 58.2 Å². The highest BCUT2D eigenvalue weighted by Gasteiger charge is 2.41. The van der Waals surface area contributed by atoms with E-state index in [1.165, 1.54) is 0 Å². The second-order valence-corrected chi connectivity index (χ2v) is 9.68. The zero-order valence-electron chi connectivity index (χ0n) is 20.7. The van der Waals surface area contributed by atoms with E-state index in [0.717, 1.165) is 29.7 Å². The van der Waals surface area contributed by atoms with Gasteiger partial charge in [-0.05, 0) is 55.5 Å². The molecule has 0 saturated heterocycles. The van der Waals surface area contributed by atoms with Gasteiger partial charge in [-0.25, -0.2) is 9.97 Å². The summed E-state index contributed by atoms with van der Waals surface area (Å²) in [7, 11) is 0. The average molecular weight is 496 g/mol. The van der Waals surface area contributed by atoms with E-state index in [9.17, 15) is 19.8 Å². The Morgan fingerprint density at radius 2 is 1.70 bits per heavy atom. The molecule has 37 heavy (non-hydrogen) atoms. The van der Waals surface area contributed by atoms with Gasteiger partial charge in [0, 0.05) is 24.6 Å². The van der Waals surface area contributed by atoms with Crippen LogP contribution >= 0.6 is 0 Å². The number of phenolic OH excluding ortho intramolecular Hbond substituents is 1. The number of carbonyl (C=O) groups is 2. The Morgan fingerprint density at radius 1 is 0.973 bits per heavy atom. The Morgan fingerprint density at radius 3 is 2.38 bits per heavy atom. The molecular formula is C30H29N3O4. The van der Waals surface area contributed by atoms with Crippen molar-refractivity contribution in [3.05, 3.63) is 101 Å². The number of nitrogens with zero attached hydrogens (tertiary/aromatic N) is 3. The molecule has 7 heteroatoms. The molecule has 0 aliphatic heterocycles. The third-order valence-corrected chi connectivity index (χ3v) is 6.78. The van der Waals surface area contributed by atoms with E-state index in [-0.39, 0.29) is 30.5 Å². The number of carboxylic acid groups (broad SMARTS) is 1. The lowest BCUT2D eigenvalue weighted by Gasteiger charge is -2.33. The van der Waals surface area contributed by atoms with Crippen molar-refractivity contribution >= 4 is 22.9 Å². The van der Waals surface area contributed by atoms with Crippen molar-refractivity contribution in [1.82, 2.24) is 14.9 Å². The summed E-state index contributed by atoms with van der Waals surface area (Å²) in [6.45, 7) is 2.02. The van der Waals surface area contributed by atoms with Gasteiger partial charge in [-0.3, -0.25) is 9.59 Å². The van der Waals surface area contributed by atoms with Crippen LogP contribution in [0.25, 0.3) is 11.0 Å². The largest absolute Gasteiger partial charge is 0.508 e. The normalized spacial score (nSPS) is 13.9. The molecule has 5 rings (SSSR count). The second kappa shape index (κ2) is 10.4. The first-order chi connectivity index (χ1) is 17.9. The molecule has 2 N–H and O–H groups in total. The standard InChI is InChI=1S/C30H29N3O4/c1-19-7-9-22(10-8-19)30(37)33(16-15-27(35)36)29(21-11-12-21)28-26(17-20-5-3-2-4-6-20)31-24-14-13-23(34)18-25(24)32-28/h2-10,13-14,18,21,29,34H,11-12,15-17H2,1H3,(H,35,36). The number of aromatic hydroxyl groups is 1. The fourth-order valence-corrected chi connectivity index (χ4v) is 4.73.